The zero-order valence-electron chi connectivity index (χ0n) is 11.9. The molecule has 1 saturated carbocycles. The summed E-state index contributed by atoms with van der Waals surface area (Å²) >= 11 is 0. The highest BCUT2D eigenvalue weighted by Crippen LogP contribution is 2.35. The molecule has 0 atom stereocenters. The van der Waals surface area contributed by atoms with E-state index in [-0.39, 0.29) is 11.5 Å². The number of nitriles is 1. The highest BCUT2D eigenvalue weighted by molar-refractivity contribution is 6.05. The molecule has 110 valence electrons. The lowest BCUT2D eigenvalue weighted by Crippen LogP contribution is -2.35. The molecule has 5 nitrogen and oxygen atoms in total. The van der Waals surface area contributed by atoms with Gasteiger partial charge in [-0.15, -0.1) is 0 Å². The summed E-state index contributed by atoms with van der Waals surface area (Å²) in [5.41, 5.74) is 4.93. The molecule has 0 radical (unpaired) electrons. The maximum absolute atomic E-state index is 12.6. The summed E-state index contributed by atoms with van der Waals surface area (Å²) in [4.78, 5) is 24.0. The highest BCUT2D eigenvalue weighted by Gasteiger charge is 2.39. The number of nitrogens with one attached hydrogen (secondary N) is 1. The van der Waals surface area contributed by atoms with Crippen LogP contribution in [0.25, 0.3) is 0 Å². The Morgan fingerprint density at radius 1 is 1.14 bits per heavy atom. The van der Waals surface area contributed by atoms with Crippen molar-refractivity contribution in [3.05, 3.63) is 29.8 Å². The van der Waals surface area contributed by atoms with Crippen LogP contribution in [0.2, 0.25) is 0 Å². The van der Waals surface area contributed by atoms with Crippen LogP contribution in [0.5, 0.6) is 0 Å². The van der Waals surface area contributed by atoms with Crippen LogP contribution in [0.15, 0.2) is 24.3 Å². The van der Waals surface area contributed by atoms with Crippen molar-refractivity contribution in [2.45, 2.75) is 38.5 Å². The van der Waals surface area contributed by atoms with Crippen molar-refractivity contribution >= 4 is 17.5 Å². The Morgan fingerprint density at radius 3 is 2.33 bits per heavy atom. The zero-order chi connectivity index (χ0) is 15.3. The first kappa shape index (κ1) is 15.0. The van der Waals surface area contributed by atoms with Gasteiger partial charge in [-0.3, -0.25) is 9.59 Å². The number of para-hydroxylation sites is 1. The lowest BCUT2D eigenvalue weighted by molar-refractivity contribution is -0.123. The number of benzene rings is 1. The van der Waals surface area contributed by atoms with Gasteiger partial charge >= 0.3 is 0 Å². The van der Waals surface area contributed by atoms with Crippen LogP contribution in [0, 0.1) is 16.7 Å². The van der Waals surface area contributed by atoms with Crippen molar-refractivity contribution in [3.8, 4) is 6.07 Å². The third-order valence-corrected chi connectivity index (χ3v) is 4.05. The minimum absolute atomic E-state index is 0.257. The third kappa shape index (κ3) is 3.22. The van der Waals surface area contributed by atoms with Gasteiger partial charge in [0.25, 0.3) is 5.91 Å². The van der Waals surface area contributed by atoms with Gasteiger partial charge in [0.2, 0.25) is 5.91 Å². The van der Waals surface area contributed by atoms with Crippen molar-refractivity contribution in [1.82, 2.24) is 0 Å². The van der Waals surface area contributed by atoms with Gasteiger partial charge in [0.15, 0.2) is 0 Å². The van der Waals surface area contributed by atoms with E-state index in [2.05, 4.69) is 11.4 Å². The molecule has 21 heavy (non-hydrogen) atoms. The van der Waals surface area contributed by atoms with Crippen LogP contribution >= 0.6 is 0 Å². The van der Waals surface area contributed by atoms with E-state index in [0.29, 0.717) is 18.5 Å². The van der Waals surface area contributed by atoms with Gasteiger partial charge in [-0.05, 0) is 25.0 Å². The van der Waals surface area contributed by atoms with E-state index in [4.69, 9.17) is 5.73 Å². The van der Waals surface area contributed by atoms with Gasteiger partial charge in [0, 0.05) is 0 Å². The molecule has 1 aliphatic carbocycles. The van der Waals surface area contributed by atoms with E-state index in [1.807, 2.05) is 0 Å². The smallest absolute Gasteiger partial charge is 0.250 e. The predicted molar refractivity (Wildman–Crippen MR) is 79.3 cm³/mol. The molecule has 2 amide bonds. The van der Waals surface area contributed by atoms with E-state index in [1.54, 1.807) is 24.3 Å². The summed E-state index contributed by atoms with van der Waals surface area (Å²) in [6.45, 7) is 0. The van der Waals surface area contributed by atoms with Gasteiger partial charge in [0.05, 0.1) is 17.3 Å². The first-order chi connectivity index (χ1) is 10.1. The number of rotatable bonds is 3. The standard InChI is InChI=1S/C16H19N3O2/c17-11-16(9-5-1-2-6-10-16)15(21)19-13-8-4-3-7-12(13)14(18)20/h3-4,7-8H,1-2,5-6,9-10H2,(H2,18,20)(H,19,21). The summed E-state index contributed by atoms with van der Waals surface area (Å²) in [6.07, 6.45) is 4.97. The molecular formula is C16H19N3O2. The van der Waals surface area contributed by atoms with Gasteiger partial charge in [-0.25, -0.2) is 0 Å². The Labute approximate surface area is 124 Å². The number of nitrogens with two attached hydrogens (primary N) is 1. The third-order valence-electron chi connectivity index (χ3n) is 4.05. The average Bonchev–Trinajstić information content (AvgIpc) is 2.74. The summed E-state index contributed by atoms with van der Waals surface area (Å²) < 4.78 is 0. The molecule has 1 aliphatic rings. The molecule has 5 heteroatoms. The van der Waals surface area contributed by atoms with E-state index >= 15 is 0 Å². The van der Waals surface area contributed by atoms with Crippen molar-refractivity contribution in [2.75, 3.05) is 5.32 Å². The van der Waals surface area contributed by atoms with Crippen molar-refractivity contribution in [2.24, 2.45) is 11.1 Å². The van der Waals surface area contributed by atoms with Crippen LogP contribution in [-0.4, -0.2) is 11.8 Å². The minimum atomic E-state index is -0.999. The van der Waals surface area contributed by atoms with E-state index in [1.165, 1.54) is 0 Å². The van der Waals surface area contributed by atoms with Gasteiger partial charge in [0.1, 0.15) is 5.41 Å². The second-order valence-electron chi connectivity index (χ2n) is 5.47. The number of amides is 2. The second kappa shape index (κ2) is 6.40. The first-order valence-corrected chi connectivity index (χ1v) is 7.20. The topological polar surface area (TPSA) is 96.0 Å². The van der Waals surface area contributed by atoms with Crippen LogP contribution in [0.3, 0.4) is 0 Å². The summed E-state index contributed by atoms with van der Waals surface area (Å²) in [7, 11) is 0. The number of carbonyl (C=O) groups excluding carboxylic acids is 2. The Hall–Kier alpha value is -2.35. The summed E-state index contributed by atoms with van der Waals surface area (Å²) in [5, 5.41) is 12.2. The Balaban J connectivity index is 2.24. The van der Waals surface area contributed by atoms with Crippen molar-refractivity contribution in [1.29, 1.82) is 5.26 Å². The van der Waals surface area contributed by atoms with Crippen molar-refractivity contribution < 1.29 is 9.59 Å². The Kier molecular flexibility index (Phi) is 4.59. The van der Waals surface area contributed by atoms with Crippen LogP contribution in [0.1, 0.15) is 48.9 Å². The molecule has 3 N–H and O–H groups in total. The first-order valence-electron chi connectivity index (χ1n) is 7.20. The lowest BCUT2D eigenvalue weighted by atomic mass is 9.81. The van der Waals surface area contributed by atoms with Crippen LogP contribution in [0.4, 0.5) is 5.69 Å². The average molecular weight is 285 g/mol. The van der Waals surface area contributed by atoms with E-state index < -0.39 is 11.3 Å². The fraction of sp³-hybridized carbons (Fsp3) is 0.438. The van der Waals surface area contributed by atoms with Crippen molar-refractivity contribution in [3.63, 3.8) is 0 Å². The minimum Gasteiger partial charge on any atom is -0.366 e. The predicted octanol–water partition coefficient (Wildman–Crippen LogP) is 2.59. The largest absolute Gasteiger partial charge is 0.366 e. The fourth-order valence-electron chi connectivity index (χ4n) is 2.77. The molecule has 0 unspecified atom stereocenters. The van der Waals surface area contributed by atoms with Crippen LogP contribution in [-0.2, 0) is 4.79 Å². The molecule has 0 aromatic heterocycles. The molecule has 0 saturated heterocycles. The molecule has 1 fully saturated rings. The maximum Gasteiger partial charge on any atom is 0.250 e. The SMILES string of the molecule is N#CC1(C(=O)Nc2ccccc2C(N)=O)CCCCCC1. The summed E-state index contributed by atoms with van der Waals surface area (Å²) in [6, 6.07) is 8.78. The number of hydrogen-bond donors (Lipinski definition) is 2. The molecule has 0 heterocycles. The number of carbonyl (C=O) groups is 2. The number of nitrogens with zero attached hydrogens (tertiary/aromatic N) is 1. The molecule has 1 aromatic carbocycles. The molecule has 1 aromatic rings. The van der Waals surface area contributed by atoms with E-state index in [9.17, 15) is 14.9 Å². The summed E-state index contributed by atoms with van der Waals surface area (Å²) in [5.74, 6) is -0.932. The zero-order valence-corrected chi connectivity index (χ0v) is 11.9. The molecule has 0 aliphatic heterocycles. The molecule has 0 bridgehead atoms. The Bertz CT molecular complexity index is 581. The molecule has 0 spiro atoms. The highest BCUT2D eigenvalue weighted by atomic mass is 16.2. The molecular weight excluding hydrogens is 266 g/mol. The van der Waals surface area contributed by atoms with Crippen LogP contribution < -0.4 is 11.1 Å². The fourth-order valence-corrected chi connectivity index (χ4v) is 2.77. The van der Waals surface area contributed by atoms with Gasteiger partial charge in [-0.2, -0.15) is 5.26 Å². The van der Waals surface area contributed by atoms with E-state index in [0.717, 1.165) is 25.7 Å². The number of primary amides is 1. The Morgan fingerprint density at radius 2 is 1.76 bits per heavy atom. The normalized spacial score (nSPS) is 17.3. The second-order valence-corrected chi connectivity index (χ2v) is 5.47. The monoisotopic (exact) mass is 285 g/mol. The van der Waals surface area contributed by atoms with Gasteiger partial charge < -0.3 is 11.1 Å². The number of hydrogen-bond acceptors (Lipinski definition) is 3. The molecule has 2 rings (SSSR count). The van der Waals surface area contributed by atoms with Gasteiger partial charge in [-0.1, -0.05) is 37.8 Å². The quantitative estimate of drug-likeness (QED) is 0.835. The number of anilines is 1. The maximum atomic E-state index is 12.6. The lowest BCUT2D eigenvalue weighted by Gasteiger charge is -2.24.